The molecule has 0 aromatic heterocycles. The molecule has 7 aliphatic rings. The second-order valence-corrected chi connectivity index (χ2v) is 17.8. The van der Waals surface area contributed by atoms with Crippen LogP contribution in [0.1, 0.15) is 86.0 Å². The van der Waals surface area contributed by atoms with E-state index in [0.29, 0.717) is 30.6 Å². The van der Waals surface area contributed by atoms with Crippen LogP contribution < -0.4 is 0 Å². The maximum absolute atomic E-state index is 14.4. The first-order valence-corrected chi connectivity index (χ1v) is 19.3. The van der Waals surface area contributed by atoms with Gasteiger partial charge in [0, 0.05) is 0 Å². The van der Waals surface area contributed by atoms with Crippen molar-refractivity contribution in [3.8, 4) is 0 Å². The molecule has 19 unspecified atom stereocenters. The predicted molar refractivity (Wildman–Crippen MR) is 182 cm³/mol. The molecule has 288 valence electrons. The van der Waals surface area contributed by atoms with Gasteiger partial charge in [-0.05, 0) is 109 Å². The minimum Gasteiger partial charge on any atom is -0.432 e. The van der Waals surface area contributed by atoms with Gasteiger partial charge in [-0.15, -0.1) is 0 Å². The molecule has 2 heterocycles. The summed E-state index contributed by atoms with van der Waals surface area (Å²) in [5.74, 6) is 1.12. The van der Waals surface area contributed by atoms with Gasteiger partial charge in [-0.3, -0.25) is 4.79 Å². The van der Waals surface area contributed by atoms with Crippen molar-refractivity contribution >= 4 is 5.97 Å². The Hall–Kier alpha value is -1.45. The first-order chi connectivity index (χ1) is 24.1. The summed E-state index contributed by atoms with van der Waals surface area (Å²) in [5, 5.41) is 71.8. The molecule has 0 amide bonds. The number of hydrogen-bond donors (Lipinski definition) is 7. The van der Waals surface area contributed by atoms with Gasteiger partial charge in [0.2, 0.25) is 6.29 Å². The van der Waals surface area contributed by atoms with Crippen molar-refractivity contribution in [3.05, 3.63) is 23.3 Å². The first kappa shape index (κ1) is 37.8. The average molecular weight is 721 g/mol. The van der Waals surface area contributed by atoms with Crippen LogP contribution in [0.15, 0.2) is 23.3 Å². The Kier molecular flexibility index (Phi) is 10.2. The number of hydrogen-bond acceptors (Lipinski definition) is 12. The molecule has 0 aromatic rings. The van der Waals surface area contributed by atoms with Crippen molar-refractivity contribution in [1.29, 1.82) is 0 Å². The van der Waals surface area contributed by atoms with E-state index < -0.39 is 73.3 Å². The van der Waals surface area contributed by atoms with Gasteiger partial charge in [0.1, 0.15) is 42.7 Å². The van der Waals surface area contributed by atoms with Gasteiger partial charge in [-0.1, -0.05) is 46.8 Å². The number of aliphatic hydroxyl groups is 7. The SMILES string of the molecule is CC1CCC2(C(=O)OC3OC(CO)C(O)C(O)C3O)CCC3C(=C2C1C)C=CC1C3(C)CCC2C(C)C(OC3OCC(O)C(O)C3O)CCC21C. The molecule has 0 bridgehead atoms. The standard InChI is InChI=1S/C39H60O12/c1-18-8-14-39(36(47)51-35-33(46)31(44)30(43)26(16-40)50-35)15-10-23-21(28(39)19(18)2)6-7-27-37(4)13-11-25(20(3)22(37)9-12-38(23,27)5)49-34-32(45)29(42)24(41)17-48-34/h6-7,18-20,22-27,29-35,40-46H,8-17H2,1-5H3. The van der Waals surface area contributed by atoms with E-state index in [-0.39, 0.29) is 41.3 Å². The third-order valence-corrected chi connectivity index (χ3v) is 15.3. The third-order valence-electron chi connectivity index (χ3n) is 15.3. The molecule has 2 saturated heterocycles. The van der Waals surface area contributed by atoms with Crippen LogP contribution in [0.4, 0.5) is 0 Å². The number of esters is 1. The van der Waals surface area contributed by atoms with E-state index in [1.165, 1.54) is 5.57 Å². The van der Waals surface area contributed by atoms with Crippen molar-refractivity contribution in [2.24, 2.45) is 51.8 Å². The quantitative estimate of drug-likeness (QED) is 0.161. The molecule has 2 aliphatic heterocycles. The number of allylic oxidation sites excluding steroid dienone is 3. The highest BCUT2D eigenvalue weighted by Gasteiger charge is 2.63. The molecular weight excluding hydrogens is 660 g/mol. The first-order valence-electron chi connectivity index (χ1n) is 19.3. The van der Waals surface area contributed by atoms with E-state index in [0.717, 1.165) is 44.1 Å². The molecule has 7 rings (SSSR count). The summed E-state index contributed by atoms with van der Waals surface area (Å²) in [6, 6.07) is 0. The molecule has 12 nitrogen and oxygen atoms in total. The summed E-state index contributed by atoms with van der Waals surface area (Å²) in [4.78, 5) is 14.4. The second-order valence-electron chi connectivity index (χ2n) is 17.8. The van der Waals surface area contributed by atoms with Crippen LogP contribution in [0.5, 0.6) is 0 Å². The van der Waals surface area contributed by atoms with Crippen LogP contribution in [0.25, 0.3) is 0 Å². The molecule has 3 saturated carbocycles. The molecule has 0 aromatic carbocycles. The number of fused-ring (bicyclic) bond motifs is 6. The summed E-state index contributed by atoms with van der Waals surface area (Å²) >= 11 is 0. The zero-order valence-corrected chi connectivity index (χ0v) is 30.6. The average Bonchev–Trinajstić information content (AvgIpc) is 3.10. The minimum atomic E-state index is -1.65. The van der Waals surface area contributed by atoms with E-state index >= 15 is 0 Å². The Morgan fingerprint density at radius 2 is 1.53 bits per heavy atom. The molecule has 12 heteroatoms. The van der Waals surface area contributed by atoms with Gasteiger partial charge in [-0.25, -0.2) is 0 Å². The van der Waals surface area contributed by atoms with Crippen LogP contribution in [-0.4, -0.2) is 116 Å². The molecule has 5 fully saturated rings. The molecule has 0 radical (unpaired) electrons. The van der Waals surface area contributed by atoms with Gasteiger partial charge >= 0.3 is 5.97 Å². The van der Waals surface area contributed by atoms with Crippen molar-refractivity contribution in [1.82, 2.24) is 0 Å². The lowest BCUT2D eigenvalue weighted by atomic mass is 9.40. The van der Waals surface area contributed by atoms with Crippen LogP contribution in [0, 0.1) is 51.8 Å². The fourth-order valence-corrected chi connectivity index (χ4v) is 12.1. The summed E-state index contributed by atoms with van der Waals surface area (Å²) in [5.41, 5.74) is 1.43. The van der Waals surface area contributed by atoms with Gasteiger partial charge in [0.05, 0.1) is 24.7 Å². The monoisotopic (exact) mass is 720 g/mol. The summed E-state index contributed by atoms with van der Waals surface area (Å²) < 4.78 is 23.5. The van der Waals surface area contributed by atoms with Crippen LogP contribution in [0.2, 0.25) is 0 Å². The Balaban J connectivity index is 1.16. The Morgan fingerprint density at radius 1 is 0.843 bits per heavy atom. The zero-order chi connectivity index (χ0) is 36.8. The smallest absolute Gasteiger partial charge is 0.318 e. The second kappa shape index (κ2) is 13.7. The highest BCUT2D eigenvalue weighted by molar-refractivity contribution is 5.82. The molecule has 7 N–H and O–H groups in total. The van der Waals surface area contributed by atoms with Gasteiger partial charge in [-0.2, -0.15) is 0 Å². The van der Waals surface area contributed by atoms with E-state index in [9.17, 15) is 40.5 Å². The third kappa shape index (κ3) is 5.81. The molecule has 19 atom stereocenters. The van der Waals surface area contributed by atoms with Crippen molar-refractivity contribution in [2.45, 2.75) is 147 Å². The highest BCUT2D eigenvalue weighted by atomic mass is 16.7. The molecular formula is C39H60O12. The van der Waals surface area contributed by atoms with Crippen LogP contribution in [-0.2, 0) is 23.7 Å². The minimum absolute atomic E-state index is 0.00274. The van der Waals surface area contributed by atoms with E-state index in [4.69, 9.17) is 18.9 Å². The van der Waals surface area contributed by atoms with Gasteiger partial charge < -0.3 is 54.7 Å². The number of ether oxygens (including phenoxy) is 4. The van der Waals surface area contributed by atoms with Gasteiger partial charge in [0.15, 0.2) is 6.29 Å². The lowest BCUT2D eigenvalue weighted by molar-refractivity contribution is -0.296. The number of aliphatic hydroxyl groups excluding tert-OH is 7. The summed E-state index contributed by atoms with van der Waals surface area (Å²) in [6.45, 7) is 10.9. The normalized spacial score (nSPS) is 54.1. The van der Waals surface area contributed by atoms with Crippen LogP contribution in [0.3, 0.4) is 0 Å². The fourth-order valence-electron chi connectivity index (χ4n) is 12.1. The molecule has 51 heavy (non-hydrogen) atoms. The maximum Gasteiger partial charge on any atom is 0.318 e. The van der Waals surface area contributed by atoms with Crippen molar-refractivity contribution in [3.63, 3.8) is 0 Å². The van der Waals surface area contributed by atoms with E-state index in [1.54, 1.807) is 0 Å². The topological polar surface area (TPSA) is 196 Å². The Labute approximate surface area is 300 Å². The molecule has 0 spiro atoms. The Bertz CT molecular complexity index is 1380. The lowest BCUT2D eigenvalue weighted by Gasteiger charge is -2.65. The van der Waals surface area contributed by atoms with E-state index in [2.05, 4.69) is 46.8 Å². The van der Waals surface area contributed by atoms with E-state index in [1.807, 2.05) is 0 Å². The Morgan fingerprint density at radius 3 is 2.25 bits per heavy atom. The van der Waals surface area contributed by atoms with Crippen molar-refractivity contribution < 1.29 is 59.5 Å². The zero-order valence-electron chi connectivity index (χ0n) is 30.6. The number of carbonyl (C=O) groups excluding carboxylic acids is 1. The fraction of sp³-hybridized carbons (Fsp3) is 0.872. The summed E-state index contributed by atoms with van der Waals surface area (Å²) in [7, 11) is 0. The summed E-state index contributed by atoms with van der Waals surface area (Å²) in [6.07, 6.45) is -1.01. The molecule has 5 aliphatic carbocycles. The highest BCUT2D eigenvalue weighted by Crippen LogP contribution is 2.69. The maximum atomic E-state index is 14.4. The lowest BCUT2D eigenvalue weighted by Crippen LogP contribution is -2.61. The van der Waals surface area contributed by atoms with Gasteiger partial charge in [0.25, 0.3) is 0 Å². The van der Waals surface area contributed by atoms with Crippen LogP contribution >= 0.6 is 0 Å². The number of carbonyl (C=O) groups is 1. The number of rotatable bonds is 5. The predicted octanol–water partition coefficient (Wildman–Crippen LogP) is 1.95. The largest absolute Gasteiger partial charge is 0.432 e. The van der Waals surface area contributed by atoms with Crippen molar-refractivity contribution in [2.75, 3.05) is 13.2 Å².